The van der Waals surface area contributed by atoms with Crippen LogP contribution in [0.4, 0.5) is 5.69 Å². The van der Waals surface area contributed by atoms with Gasteiger partial charge in [0.25, 0.3) is 0 Å². The minimum Gasteiger partial charge on any atom is -0.495 e. The Morgan fingerprint density at radius 3 is 2.53 bits per heavy atom. The maximum Gasteiger partial charge on any atom is 0.141 e. The van der Waals surface area contributed by atoms with Crippen LogP contribution in [0.2, 0.25) is 0 Å². The van der Waals surface area contributed by atoms with Crippen LogP contribution < -0.4 is 10.1 Å². The number of hydrogen-bond donors (Lipinski definition) is 1. The van der Waals surface area contributed by atoms with Crippen LogP contribution in [0.1, 0.15) is 29.9 Å². The summed E-state index contributed by atoms with van der Waals surface area (Å²) >= 11 is 0. The van der Waals surface area contributed by atoms with Gasteiger partial charge in [0.15, 0.2) is 0 Å². The lowest BCUT2D eigenvalue weighted by Crippen LogP contribution is -2.09. The molecule has 1 unspecified atom stereocenters. The van der Waals surface area contributed by atoms with Crippen molar-refractivity contribution in [2.75, 3.05) is 12.4 Å². The molecule has 0 aliphatic heterocycles. The van der Waals surface area contributed by atoms with Crippen LogP contribution in [0.25, 0.3) is 0 Å². The number of nitrogens with one attached hydrogen (secondary N) is 1. The molecule has 0 fully saturated rings. The van der Waals surface area contributed by atoms with E-state index in [9.17, 15) is 0 Å². The zero-order valence-corrected chi connectivity index (χ0v) is 12.2. The third-order valence-corrected chi connectivity index (χ3v) is 3.48. The van der Waals surface area contributed by atoms with E-state index in [-0.39, 0.29) is 6.04 Å². The molecule has 0 saturated heterocycles. The van der Waals surface area contributed by atoms with Crippen molar-refractivity contribution in [3.05, 3.63) is 41.2 Å². The van der Waals surface area contributed by atoms with E-state index in [2.05, 4.69) is 24.3 Å². The molecular weight excluding hydrogens is 238 g/mol. The average molecular weight is 259 g/mol. The molecular formula is C15H21N3O. The Morgan fingerprint density at radius 1 is 1.26 bits per heavy atom. The van der Waals surface area contributed by atoms with Crippen molar-refractivity contribution in [3.63, 3.8) is 0 Å². The third kappa shape index (κ3) is 2.57. The van der Waals surface area contributed by atoms with E-state index in [4.69, 9.17) is 4.74 Å². The first-order chi connectivity index (χ1) is 9.04. The predicted molar refractivity (Wildman–Crippen MR) is 77.7 cm³/mol. The summed E-state index contributed by atoms with van der Waals surface area (Å²) in [6.45, 7) is 6.28. The van der Waals surface area contributed by atoms with Crippen molar-refractivity contribution in [3.8, 4) is 5.75 Å². The highest BCUT2D eigenvalue weighted by atomic mass is 16.5. The van der Waals surface area contributed by atoms with Crippen LogP contribution in [0, 0.1) is 13.8 Å². The number of aromatic nitrogens is 2. The average Bonchev–Trinajstić information content (AvgIpc) is 2.64. The molecule has 102 valence electrons. The minimum atomic E-state index is 0.185. The fraction of sp³-hybridized carbons (Fsp3) is 0.400. The van der Waals surface area contributed by atoms with Gasteiger partial charge in [0.05, 0.1) is 24.5 Å². The number of rotatable bonds is 4. The Kier molecular flexibility index (Phi) is 3.79. The summed E-state index contributed by atoms with van der Waals surface area (Å²) in [5, 5.41) is 7.96. The molecule has 1 aromatic heterocycles. The minimum absolute atomic E-state index is 0.185. The number of aryl methyl sites for hydroxylation is 2. The van der Waals surface area contributed by atoms with E-state index in [1.165, 1.54) is 11.3 Å². The van der Waals surface area contributed by atoms with Gasteiger partial charge in [-0.1, -0.05) is 12.1 Å². The molecule has 2 rings (SSSR count). The van der Waals surface area contributed by atoms with Gasteiger partial charge < -0.3 is 10.1 Å². The first kappa shape index (κ1) is 13.5. The Labute approximate surface area is 114 Å². The normalized spacial score (nSPS) is 12.3. The molecule has 1 heterocycles. The lowest BCUT2D eigenvalue weighted by molar-refractivity contribution is 0.416. The smallest absolute Gasteiger partial charge is 0.141 e. The van der Waals surface area contributed by atoms with Gasteiger partial charge in [0.1, 0.15) is 5.75 Å². The highest BCUT2D eigenvalue weighted by Crippen LogP contribution is 2.29. The maximum absolute atomic E-state index is 5.36. The number of hydrogen-bond acceptors (Lipinski definition) is 3. The molecule has 4 nitrogen and oxygen atoms in total. The highest BCUT2D eigenvalue weighted by Gasteiger charge is 2.17. The number of anilines is 1. The quantitative estimate of drug-likeness (QED) is 0.916. The van der Waals surface area contributed by atoms with Gasteiger partial charge in [-0.3, -0.25) is 4.68 Å². The van der Waals surface area contributed by atoms with Crippen LogP contribution in [0.5, 0.6) is 5.75 Å². The van der Waals surface area contributed by atoms with E-state index < -0.39 is 0 Å². The first-order valence-corrected chi connectivity index (χ1v) is 6.44. The van der Waals surface area contributed by atoms with Gasteiger partial charge in [-0.2, -0.15) is 5.10 Å². The van der Waals surface area contributed by atoms with Crippen LogP contribution in [0.15, 0.2) is 24.3 Å². The van der Waals surface area contributed by atoms with E-state index in [0.29, 0.717) is 0 Å². The van der Waals surface area contributed by atoms with Crippen molar-refractivity contribution in [2.24, 2.45) is 7.05 Å². The van der Waals surface area contributed by atoms with Gasteiger partial charge in [-0.25, -0.2) is 0 Å². The molecule has 0 aliphatic carbocycles. The van der Waals surface area contributed by atoms with Gasteiger partial charge in [-0.05, 0) is 32.9 Å². The molecule has 1 atom stereocenters. The van der Waals surface area contributed by atoms with E-state index in [0.717, 1.165) is 17.1 Å². The fourth-order valence-electron chi connectivity index (χ4n) is 2.49. The SMILES string of the molecule is COc1ccccc1NC(C)c1c(C)nn(C)c1C. The lowest BCUT2D eigenvalue weighted by atomic mass is 10.1. The van der Waals surface area contributed by atoms with Crippen LogP contribution in [-0.2, 0) is 7.05 Å². The van der Waals surface area contributed by atoms with Crippen LogP contribution >= 0.6 is 0 Å². The monoisotopic (exact) mass is 259 g/mol. The standard InChI is InChI=1S/C15H21N3O/c1-10(15-11(2)17-18(4)12(15)3)16-13-8-6-7-9-14(13)19-5/h6-10,16H,1-5H3. The largest absolute Gasteiger partial charge is 0.495 e. The summed E-state index contributed by atoms with van der Waals surface area (Å²) in [4.78, 5) is 0. The summed E-state index contributed by atoms with van der Waals surface area (Å²) in [6, 6.07) is 8.13. The molecule has 1 aromatic carbocycles. The molecule has 0 amide bonds. The molecule has 2 aromatic rings. The van der Waals surface area contributed by atoms with Gasteiger partial charge in [0.2, 0.25) is 0 Å². The van der Waals surface area contributed by atoms with Crippen LogP contribution in [0.3, 0.4) is 0 Å². The molecule has 19 heavy (non-hydrogen) atoms. The van der Waals surface area contributed by atoms with Crippen molar-refractivity contribution in [1.82, 2.24) is 9.78 Å². The number of para-hydroxylation sites is 2. The maximum atomic E-state index is 5.36. The second kappa shape index (κ2) is 5.34. The number of benzene rings is 1. The Bertz CT molecular complexity index is 575. The number of nitrogens with zero attached hydrogens (tertiary/aromatic N) is 2. The lowest BCUT2D eigenvalue weighted by Gasteiger charge is -2.18. The highest BCUT2D eigenvalue weighted by molar-refractivity contribution is 5.57. The van der Waals surface area contributed by atoms with Crippen molar-refractivity contribution >= 4 is 5.69 Å². The summed E-state index contributed by atoms with van der Waals surface area (Å²) in [5.41, 5.74) is 4.50. The Balaban J connectivity index is 2.28. The fourth-order valence-corrected chi connectivity index (χ4v) is 2.49. The van der Waals surface area contributed by atoms with E-state index in [1.807, 2.05) is 42.9 Å². The summed E-state index contributed by atoms with van der Waals surface area (Å²) in [7, 11) is 3.66. The molecule has 0 aliphatic rings. The zero-order valence-electron chi connectivity index (χ0n) is 12.2. The molecule has 1 N–H and O–H groups in total. The van der Waals surface area contributed by atoms with Crippen molar-refractivity contribution < 1.29 is 4.74 Å². The molecule has 0 spiro atoms. The van der Waals surface area contributed by atoms with E-state index >= 15 is 0 Å². The molecule has 0 bridgehead atoms. The van der Waals surface area contributed by atoms with Crippen molar-refractivity contribution in [1.29, 1.82) is 0 Å². The molecule has 0 radical (unpaired) electrons. The van der Waals surface area contributed by atoms with Crippen LogP contribution in [-0.4, -0.2) is 16.9 Å². The second-order valence-electron chi connectivity index (χ2n) is 4.77. The predicted octanol–water partition coefficient (Wildman–Crippen LogP) is 3.22. The number of methoxy groups -OCH3 is 1. The number of ether oxygens (including phenoxy) is 1. The van der Waals surface area contributed by atoms with Gasteiger partial charge in [-0.15, -0.1) is 0 Å². The van der Waals surface area contributed by atoms with Gasteiger partial charge >= 0.3 is 0 Å². The molecule has 4 heteroatoms. The van der Waals surface area contributed by atoms with Crippen molar-refractivity contribution in [2.45, 2.75) is 26.8 Å². The summed E-state index contributed by atoms with van der Waals surface area (Å²) in [5.74, 6) is 0.855. The Morgan fingerprint density at radius 2 is 1.95 bits per heavy atom. The topological polar surface area (TPSA) is 39.1 Å². The summed E-state index contributed by atoms with van der Waals surface area (Å²) < 4.78 is 7.29. The second-order valence-corrected chi connectivity index (χ2v) is 4.77. The van der Waals surface area contributed by atoms with E-state index in [1.54, 1.807) is 7.11 Å². The van der Waals surface area contributed by atoms with Gasteiger partial charge in [0, 0.05) is 18.3 Å². The summed E-state index contributed by atoms with van der Waals surface area (Å²) in [6.07, 6.45) is 0. The zero-order chi connectivity index (χ0) is 14.0. The molecule has 0 saturated carbocycles. The Hall–Kier alpha value is -1.97. The first-order valence-electron chi connectivity index (χ1n) is 6.44. The third-order valence-electron chi connectivity index (χ3n) is 3.48.